The fourth-order valence-electron chi connectivity index (χ4n) is 3.09. The maximum absolute atomic E-state index is 12.9. The van der Waals surface area contributed by atoms with E-state index >= 15 is 0 Å². The summed E-state index contributed by atoms with van der Waals surface area (Å²) in [5.41, 5.74) is 0.998. The SMILES string of the molecule is Cc1cccc(C2=NC=CC(c3cc(OC(F)F)ccc3OC(F)F)N2S(N)(=O)=O)c1. The lowest BCUT2D eigenvalue weighted by atomic mass is 10.0. The topological polar surface area (TPSA) is 94.2 Å². The third-order valence-electron chi connectivity index (χ3n) is 4.22. The van der Waals surface area contributed by atoms with E-state index in [0.29, 0.717) is 9.87 Å². The average molecular weight is 459 g/mol. The van der Waals surface area contributed by atoms with Crippen LogP contribution in [0.2, 0.25) is 0 Å². The molecule has 0 fully saturated rings. The highest BCUT2D eigenvalue weighted by Crippen LogP contribution is 2.38. The molecule has 1 atom stereocenters. The number of aliphatic imine (C=N–C) groups is 1. The van der Waals surface area contributed by atoms with Crippen LogP contribution in [0.1, 0.15) is 22.7 Å². The van der Waals surface area contributed by atoms with E-state index in [0.717, 1.165) is 23.8 Å². The summed E-state index contributed by atoms with van der Waals surface area (Å²) in [4.78, 5) is 4.09. The first-order chi connectivity index (χ1) is 14.6. The molecule has 0 saturated carbocycles. The molecule has 0 aromatic heterocycles. The number of rotatable bonds is 7. The molecule has 7 nitrogen and oxygen atoms in total. The molecule has 0 bridgehead atoms. The minimum absolute atomic E-state index is 0.0816. The van der Waals surface area contributed by atoms with Gasteiger partial charge >= 0.3 is 23.4 Å². The van der Waals surface area contributed by atoms with Crippen molar-refractivity contribution in [3.05, 3.63) is 71.4 Å². The highest BCUT2D eigenvalue weighted by molar-refractivity contribution is 7.87. The van der Waals surface area contributed by atoms with Crippen LogP contribution in [0.5, 0.6) is 11.5 Å². The van der Waals surface area contributed by atoms with E-state index in [2.05, 4.69) is 14.5 Å². The Morgan fingerprint density at radius 3 is 2.39 bits per heavy atom. The zero-order valence-electron chi connectivity index (χ0n) is 16.0. The second kappa shape index (κ2) is 8.94. The number of hydrogen-bond donors (Lipinski definition) is 1. The molecule has 0 aliphatic carbocycles. The van der Waals surface area contributed by atoms with Gasteiger partial charge in [-0.2, -0.15) is 26.0 Å². The number of nitrogens with zero attached hydrogens (tertiary/aromatic N) is 2. The standard InChI is InChI=1S/C19H17F4N3O4S/c1-11-3-2-4-12(9-11)17-25-8-7-15(26(17)31(24,27)28)14-10-13(29-18(20)21)5-6-16(14)30-19(22)23/h2-10,15,18-19H,1H3,(H2,24,27,28). The van der Waals surface area contributed by atoms with Gasteiger partial charge in [-0.3, -0.25) is 0 Å². The van der Waals surface area contributed by atoms with Crippen LogP contribution >= 0.6 is 0 Å². The lowest BCUT2D eigenvalue weighted by Gasteiger charge is -2.33. The van der Waals surface area contributed by atoms with E-state index in [4.69, 9.17) is 5.14 Å². The Morgan fingerprint density at radius 1 is 1.06 bits per heavy atom. The number of halogens is 4. The molecule has 0 radical (unpaired) electrons. The van der Waals surface area contributed by atoms with Crippen LogP contribution in [-0.4, -0.2) is 31.8 Å². The van der Waals surface area contributed by atoms with Crippen LogP contribution in [0.3, 0.4) is 0 Å². The quantitative estimate of drug-likeness (QED) is 0.639. The molecule has 12 heteroatoms. The molecule has 0 amide bonds. The van der Waals surface area contributed by atoms with Crippen molar-refractivity contribution in [3.8, 4) is 11.5 Å². The van der Waals surface area contributed by atoms with Gasteiger partial charge in [0.15, 0.2) is 5.84 Å². The van der Waals surface area contributed by atoms with Gasteiger partial charge < -0.3 is 9.47 Å². The first kappa shape index (κ1) is 22.6. The Kier molecular flexibility index (Phi) is 6.51. The van der Waals surface area contributed by atoms with Crippen LogP contribution < -0.4 is 14.6 Å². The van der Waals surface area contributed by atoms with E-state index < -0.39 is 35.2 Å². The minimum atomic E-state index is -4.50. The van der Waals surface area contributed by atoms with Gasteiger partial charge in [-0.05, 0) is 37.3 Å². The van der Waals surface area contributed by atoms with Crippen LogP contribution in [0.25, 0.3) is 0 Å². The molecule has 1 heterocycles. The molecule has 0 spiro atoms. The lowest BCUT2D eigenvalue weighted by Crippen LogP contribution is -2.44. The van der Waals surface area contributed by atoms with Crippen molar-refractivity contribution < 1.29 is 35.5 Å². The minimum Gasteiger partial charge on any atom is -0.435 e. The van der Waals surface area contributed by atoms with Gasteiger partial charge in [-0.1, -0.05) is 23.8 Å². The predicted molar refractivity (Wildman–Crippen MR) is 104 cm³/mol. The summed E-state index contributed by atoms with van der Waals surface area (Å²) < 4.78 is 85.6. The second-order valence-corrected chi connectivity index (χ2v) is 7.83. The number of nitrogens with two attached hydrogens (primary N) is 1. The molecule has 0 saturated heterocycles. The second-order valence-electron chi connectivity index (χ2n) is 6.41. The highest BCUT2D eigenvalue weighted by Gasteiger charge is 2.35. The maximum Gasteiger partial charge on any atom is 0.387 e. The number of aryl methyl sites for hydroxylation is 1. The van der Waals surface area contributed by atoms with Gasteiger partial charge in [0.2, 0.25) is 0 Å². The Balaban J connectivity index is 2.16. The van der Waals surface area contributed by atoms with E-state index in [1.165, 1.54) is 12.3 Å². The lowest BCUT2D eigenvalue weighted by molar-refractivity contribution is -0.0536. The largest absolute Gasteiger partial charge is 0.435 e. The Bertz CT molecular complexity index is 1120. The van der Waals surface area contributed by atoms with Crippen molar-refractivity contribution >= 4 is 16.0 Å². The van der Waals surface area contributed by atoms with Crippen molar-refractivity contribution in [2.75, 3.05) is 0 Å². The third kappa shape index (κ3) is 5.33. The molecule has 1 unspecified atom stereocenters. The summed E-state index contributed by atoms with van der Waals surface area (Å²) in [6.07, 6.45) is 2.51. The smallest absolute Gasteiger partial charge is 0.387 e. The fourth-order valence-corrected chi connectivity index (χ4v) is 3.99. The highest BCUT2D eigenvalue weighted by atomic mass is 32.2. The first-order valence-electron chi connectivity index (χ1n) is 8.73. The Hall–Kier alpha value is -3.12. The van der Waals surface area contributed by atoms with Crippen LogP contribution in [-0.2, 0) is 10.2 Å². The van der Waals surface area contributed by atoms with E-state index in [1.807, 2.05) is 0 Å². The number of hydrogen-bond acceptors (Lipinski definition) is 5. The molecule has 2 aromatic carbocycles. The normalized spacial score (nSPS) is 16.6. The molecule has 3 rings (SSSR count). The molecule has 31 heavy (non-hydrogen) atoms. The van der Waals surface area contributed by atoms with E-state index in [1.54, 1.807) is 31.2 Å². The molecule has 2 N–H and O–H groups in total. The molecular weight excluding hydrogens is 442 g/mol. The van der Waals surface area contributed by atoms with E-state index in [9.17, 15) is 26.0 Å². The molecule has 1 aliphatic rings. The van der Waals surface area contributed by atoms with Gasteiger partial charge in [0, 0.05) is 17.3 Å². The van der Waals surface area contributed by atoms with Gasteiger partial charge in [0.05, 0.1) is 6.04 Å². The maximum atomic E-state index is 12.9. The number of amidine groups is 1. The van der Waals surface area contributed by atoms with Gasteiger partial charge in [-0.25, -0.2) is 14.4 Å². The summed E-state index contributed by atoms with van der Waals surface area (Å²) in [6.45, 7) is -4.65. The van der Waals surface area contributed by atoms with Crippen molar-refractivity contribution in [1.29, 1.82) is 0 Å². The number of ether oxygens (including phenoxy) is 2. The van der Waals surface area contributed by atoms with Crippen LogP contribution in [0.15, 0.2) is 59.7 Å². The van der Waals surface area contributed by atoms with Crippen molar-refractivity contribution in [2.24, 2.45) is 10.1 Å². The Labute approximate surface area is 175 Å². The van der Waals surface area contributed by atoms with Crippen molar-refractivity contribution in [1.82, 2.24) is 4.31 Å². The monoisotopic (exact) mass is 459 g/mol. The Morgan fingerprint density at radius 2 is 1.77 bits per heavy atom. The summed E-state index contributed by atoms with van der Waals surface area (Å²) in [7, 11) is -4.50. The zero-order valence-corrected chi connectivity index (χ0v) is 16.8. The van der Waals surface area contributed by atoms with E-state index in [-0.39, 0.29) is 17.1 Å². The third-order valence-corrected chi connectivity index (χ3v) is 5.17. The average Bonchev–Trinajstić information content (AvgIpc) is 2.67. The molecule has 1 aliphatic heterocycles. The van der Waals surface area contributed by atoms with Crippen molar-refractivity contribution in [2.45, 2.75) is 26.2 Å². The zero-order chi connectivity index (χ0) is 22.8. The summed E-state index contributed by atoms with van der Waals surface area (Å²) >= 11 is 0. The van der Waals surface area contributed by atoms with Crippen LogP contribution in [0.4, 0.5) is 17.6 Å². The van der Waals surface area contributed by atoms with Gasteiger partial charge in [0.1, 0.15) is 11.5 Å². The molecule has 166 valence electrons. The van der Waals surface area contributed by atoms with Crippen LogP contribution in [0, 0.1) is 6.92 Å². The number of benzene rings is 2. The summed E-state index contributed by atoms with van der Waals surface area (Å²) in [6, 6.07) is 8.33. The van der Waals surface area contributed by atoms with Gasteiger partial charge in [0.25, 0.3) is 0 Å². The molecular formula is C19H17F4N3O4S. The first-order valence-corrected chi connectivity index (χ1v) is 10.2. The summed E-state index contributed by atoms with van der Waals surface area (Å²) in [5.74, 6) is -0.902. The molecule has 2 aromatic rings. The fraction of sp³-hybridized carbons (Fsp3) is 0.211. The van der Waals surface area contributed by atoms with Gasteiger partial charge in [-0.15, -0.1) is 0 Å². The predicted octanol–water partition coefficient (Wildman–Crippen LogP) is 3.72. The summed E-state index contributed by atoms with van der Waals surface area (Å²) in [5, 5.41) is 5.42. The number of alkyl halides is 4. The van der Waals surface area contributed by atoms with Crippen molar-refractivity contribution in [3.63, 3.8) is 0 Å².